The van der Waals surface area contributed by atoms with Crippen LogP contribution in [0.3, 0.4) is 0 Å². The highest BCUT2D eigenvalue weighted by molar-refractivity contribution is 7.51. The van der Waals surface area contributed by atoms with Crippen LogP contribution in [0.15, 0.2) is 12.0 Å². The molecule has 0 spiro atoms. The quantitative estimate of drug-likeness (QED) is 0.506. The topological polar surface area (TPSA) is 76.0 Å². The number of allylic oxidation sites excluding steroid dienone is 1. The maximum Gasteiger partial charge on any atom is 0.329 e. The molecule has 0 aliphatic heterocycles. The molecule has 0 amide bonds. The van der Waals surface area contributed by atoms with Crippen LogP contribution in [0.4, 0.5) is 0 Å². The Morgan fingerprint density at radius 3 is 2.08 bits per heavy atom. The summed E-state index contributed by atoms with van der Waals surface area (Å²) in [5.74, 6) is 0.174. The Kier molecular flexibility index (Phi) is 5.79. The van der Waals surface area contributed by atoms with Crippen molar-refractivity contribution in [1.29, 1.82) is 0 Å². The molecular formula is C7H15O5P. The van der Waals surface area contributed by atoms with Gasteiger partial charge in [0.25, 0.3) is 5.95 Å². The van der Waals surface area contributed by atoms with Crippen LogP contribution >= 0.6 is 7.60 Å². The molecule has 0 bridgehead atoms. The number of rotatable bonds is 6. The highest BCUT2D eigenvalue weighted by Gasteiger charge is 2.11. The molecule has 0 saturated carbocycles. The lowest BCUT2D eigenvalue weighted by atomic mass is 10.6. The fourth-order valence-electron chi connectivity index (χ4n) is 0.637. The van der Waals surface area contributed by atoms with E-state index in [4.69, 9.17) is 19.3 Å². The molecule has 0 unspecified atom stereocenters. The van der Waals surface area contributed by atoms with Crippen LogP contribution in [0.5, 0.6) is 0 Å². The molecule has 6 heteroatoms. The van der Waals surface area contributed by atoms with E-state index in [1.807, 2.05) is 0 Å². The van der Waals surface area contributed by atoms with Crippen molar-refractivity contribution < 1.29 is 23.8 Å². The first-order chi connectivity index (χ1) is 5.99. The summed E-state index contributed by atoms with van der Waals surface area (Å²) in [7, 11) is -4.00. The van der Waals surface area contributed by atoms with Gasteiger partial charge in [-0.1, -0.05) is 0 Å². The SMILES string of the molecule is CCOC(=CCP(=O)(O)O)OCC. The summed E-state index contributed by atoms with van der Waals surface area (Å²) < 4.78 is 20.4. The minimum Gasteiger partial charge on any atom is -0.466 e. The first kappa shape index (κ1) is 12.5. The monoisotopic (exact) mass is 210 g/mol. The molecule has 0 atom stereocenters. The second-order valence-corrected chi connectivity index (χ2v) is 3.93. The van der Waals surface area contributed by atoms with Crippen molar-refractivity contribution in [2.24, 2.45) is 0 Å². The normalized spacial score (nSPS) is 10.8. The predicted octanol–water partition coefficient (Wildman–Crippen LogP) is 1.08. The van der Waals surface area contributed by atoms with Crippen molar-refractivity contribution in [3.05, 3.63) is 12.0 Å². The van der Waals surface area contributed by atoms with Gasteiger partial charge in [-0.2, -0.15) is 0 Å². The number of ether oxygens (including phenoxy) is 2. The fraction of sp³-hybridized carbons (Fsp3) is 0.714. The van der Waals surface area contributed by atoms with Gasteiger partial charge >= 0.3 is 7.60 Å². The van der Waals surface area contributed by atoms with E-state index in [0.29, 0.717) is 13.2 Å². The average Bonchev–Trinajstić information content (AvgIpc) is 2.00. The molecule has 0 rings (SSSR count). The van der Waals surface area contributed by atoms with E-state index < -0.39 is 7.60 Å². The van der Waals surface area contributed by atoms with Crippen LogP contribution in [-0.2, 0) is 14.0 Å². The third kappa shape index (κ3) is 7.84. The van der Waals surface area contributed by atoms with Crippen LogP contribution in [0, 0.1) is 0 Å². The molecule has 0 aromatic carbocycles. The summed E-state index contributed by atoms with van der Waals surface area (Å²) in [5.41, 5.74) is 0. The van der Waals surface area contributed by atoms with Crippen LogP contribution in [0.2, 0.25) is 0 Å². The van der Waals surface area contributed by atoms with E-state index in [9.17, 15) is 4.57 Å². The highest BCUT2D eigenvalue weighted by atomic mass is 31.2. The second-order valence-electron chi connectivity index (χ2n) is 2.24. The van der Waals surface area contributed by atoms with Crippen LogP contribution in [-0.4, -0.2) is 29.2 Å². The Hall–Kier alpha value is -0.510. The molecule has 78 valence electrons. The van der Waals surface area contributed by atoms with E-state index in [1.165, 1.54) is 6.08 Å². The van der Waals surface area contributed by atoms with Crippen molar-refractivity contribution in [3.8, 4) is 0 Å². The second kappa shape index (κ2) is 6.02. The van der Waals surface area contributed by atoms with Crippen molar-refractivity contribution in [2.75, 3.05) is 19.4 Å². The molecule has 0 heterocycles. The van der Waals surface area contributed by atoms with Crippen LogP contribution in [0.1, 0.15) is 13.8 Å². The molecule has 0 aliphatic carbocycles. The summed E-state index contributed by atoms with van der Waals surface area (Å²) in [4.78, 5) is 17.1. The molecule has 0 aliphatic rings. The van der Waals surface area contributed by atoms with E-state index in [0.717, 1.165) is 0 Å². The minimum atomic E-state index is -4.00. The molecule has 13 heavy (non-hydrogen) atoms. The lowest BCUT2D eigenvalue weighted by Gasteiger charge is -2.08. The van der Waals surface area contributed by atoms with Gasteiger partial charge in [0.05, 0.1) is 19.4 Å². The maximum atomic E-state index is 10.5. The van der Waals surface area contributed by atoms with Gasteiger partial charge in [-0.05, 0) is 13.8 Å². The molecule has 0 fully saturated rings. The van der Waals surface area contributed by atoms with E-state index in [2.05, 4.69) is 0 Å². The van der Waals surface area contributed by atoms with Gasteiger partial charge in [0.2, 0.25) is 0 Å². The van der Waals surface area contributed by atoms with Crippen LogP contribution in [0.25, 0.3) is 0 Å². The van der Waals surface area contributed by atoms with Gasteiger partial charge in [0, 0.05) is 6.08 Å². The lowest BCUT2D eigenvalue weighted by molar-refractivity contribution is 0.0461. The summed E-state index contributed by atoms with van der Waals surface area (Å²) in [6, 6.07) is 0. The Labute approximate surface area is 77.5 Å². The van der Waals surface area contributed by atoms with Crippen molar-refractivity contribution >= 4 is 7.60 Å². The van der Waals surface area contributed by atoms with E-state index in [1.54, 1.807) is 13.8 Å². The minimum absolute atomic E-state index is 0.174. The zero-order valence-corrected chi connectivity index (χ0v) is 8.66. The highest BCUT2D eigenvalue weighted by Crippen LogP contribution is 2.34. The number of hydrogen-bond donors (Lipinski definition) is 2. The average molecular weight is 210 g/mol. The van der Waals surface area contributed by atoms with Gasteiger partial charge in [0.15, 0.2) is 0 Å². The Morgan fingerprint density at radius 1 is 1.31 bits per heavy atom. The van der Waals surface area contributed by atoms with Gasteiger partial charge < -0.3 is 19.3 Å². The molecular weight excluding hydrogens is 195 g/mol. The molecule has 5 nitrogen and oxygen atoms in total. The van der Waals surface area contributed by atoms with Crippen LogP contribution < -0.4 is 0 Å². The van der Waals surface area contributed by atoms with Crippen molar-refractivity contribution in [3.63, 3.8) is 0 Å². The summed E-state index contributed by atoms with van der Waals surface area (Å²) >= 11 is 0. The van der Waals surface area contributed by atoms with Gasteiger partial charge in [-0.15, -0.1) is 0 Å². The smallest absolute Gasteiger partial charge is 0.329 e. The Bertz CT molecular complexity index is 199. The number of hydrogen-bond acceptors (Lipinski definition) is 3. The molecule has 2 N–H and O–H groups in total. The third-order valence-corrected chi connectivity index (χ3v) is 1.73. The van der Waals surface area contributed by atoms with Gasteiger partial charge in [-0.3, -0.25) is 4.57 Å². The Balaban J connectivity index is 4.10. The standard InChI is InChI=1S/C7H15O5P/c1-3-11-7(12-4-2)5-6-13(8,9)10/h5H,3-4,6H2,1-2H3,(H2,8,9,10). The maximum absolute atomic E-state index is 10.5. The van der Waals surface area contributed by atoms with Gasteiger partial charge in [-0.25, -0.2) is 0 Å². The molecule has 0 aromatic rings. The van der Waals surface area contributed by atoms with Gasteiger partial charge in [0.1, 0.15) is 0 Å². The Morgan fingerprint density at radius 2 is 1.77 bits per heavy atom. The van der Waals surface area contributed by atoms with E-state index >= 15 is 0 Å². The molecule has 0 saturated heterocycles. The van der Waals surface area contributed by atoms with Crippen molar-refractivity contribution in [2.45, 2.75) is 13.8 Å². The zero-order valence-electron chi connectivity index (χ0n) is 7.77. The van der Waals surface area contributed by atoms with E-state index in [-0.39, 0.29) is 12.1 Å². The van der Waals surface area contributed by atoms with Crippen molar-refractivity contribution in [1.82, 2.24) is 0 Å². The summed E-state index contributed by atoms with van der Waals surface area (Å²) in [5, 5.41) is 0. The summed E-state index contributed by atoms with van der Waals surface area (Å²) in [6.45, 7) is 4.36. The zero-order chi connectivity index (χ0) is 10.3. The third-order valence-electron chi connectivity index (χ3n) is 1.07. The molecule has 0 aromatic heterocycles. The predicted molar refractivity (Wildman–Crippen MR) is 48.2 cm³/mol. The molecule has 0 radical (unpaired) electrons. The first-order valence-corrected chi connectivity index (χ1v) is 5.79. The largest absolute Gasteiger partial charge is 0.466 e. The fourth-order valence-corrected chi connectivity index (χ4v) is 1.02. The summed E-state index contributed by atoms with van der Waals surface area (Å²) in [6.07, 6.45) is 0.899. The first-order valence-electron chi connectivity index (χ1n) is 4.00. The lowest BCUT2D eigenvalue weighted by Crippen LogP contribution is -1.99.